The molecule has 0 saturated heterocycles. The summed E-state index contributed by atoms with van der Waals surface area (Å²) in [6.45, 7) is 5.42. The second-order valence-electron chi connectivity index (χ2n) is 4.48. The first-order valence-corrected chi connectivity index (χ1v) is 6.67. The minimum absolute atomic E-state index is 0.0792. The Hall–Kier alpha value is -2.01. The largest absolute Gasteiger partial charge is 0.490 e. The predicted octanol–water partition coefficient (Wildman–Crippen LogP) is 1.47. The number of rotatable bonds is 5. The fraction of sp³-hybridized carbons (Fsp3) is 0.400. The van der Waals surface area contributed by atoms with Gasteiger partial charge in [0.05, 0.1) is 19.8 Å². The summed E-state index contributed by atoms with van der Waals surface area (Å²) in [4.78, 5) is 13.9. The van der Waals surface area contributed by atoms with E-state index in [1.54, 1.807) is 24.3 Å². The van der Waals surface area contributed by atoms with Crippen molar-refractivity contribution in [2.75, 3.05) is 32.9 Å². The Morgan fingerprint density at radius 1 is 1.35 bits per heavy atom. The third-order valence-corrected chi connectivity index (χ3v) is 3.00. The monoisotopic (exact) mass is 277 g/mol. The van der Waals surface area contributed by atoms with Crippen molar-refractivity contribution in [3.63, 3.8) is 0 Å². The molecular weight excluding hydrogens is 258 g/mol. The summed E-state index contributed by atoms with van der Waals surface area (Å²) in [6.07, 6.45) is 2.46. The molecule has 1 N–H and O–H groups in total. The van der Waals surface area contributed by atoms with Gasteiger partial charge in [0.1, 0.15) is 0 Å². The summed E-state index contributed by atoms with van der Waals surface area (Å²) in [5.74, 6) is 1.10. The summed E-state index contributed by atoms with van der Waals surface area (Å²) in [5.41, 5.74) is 0.518. The van der Waals surface area contributed by atoms with Gasteiger partial charge >= 0.3 is 0 Å². The summed E-state index contributed by atoms with van der Waals surface area (Å²) in [6, 6.07) is 5.15. The van der Waals surface area contributed by atoms with E-state index in [2.05, 4.69) is 6.58 Å². The van der Waals surface area contributed by atoms with E-state index in [0.717, 1.165) is 6.42 Å². The van der Waals surface area contributed by atoms with Crippen LogP contribution in [0.3, 0.4) is 0 Å². The van der Waals surface area contributed by atoms with Crippen molar-refractivity contribution in [2.45, 2.75) is 6.42 Å². The maximum Gasteiger partial charge on any atom is 0.254 e. The highest BCUT2D eigenvalue weighted by Crippen LogP contribution is 2.30. The molecule has 0 bridgehead atoms. The first-order chi connectivity index (χ1) is 9.76. The molecule has 1 aromatic rings. The molecule has 5 nitrogen and oxygen atoms in total. The van der Waals surface area contributed by atoms with Gasteiger partial charge in [0, 0.05) is 25.1 Å². The minimum Gasteiger partial charge on any atom is -0.490 e. The lowest BCUT2D eigenvalue weighted by Crippen LogP contribution is -2.33. The lowest BCUT2D eigenvalue weighted by molar-refractivity contribution is 0.0742. The number of benzene rings is 1. The van der Waals surface area contributed by atoms with Gasteiger partial charge in [-0.25, -0.2) is 0 Å². The zero-order valence-electron chi connectivity index (χ0n) is 11.4. The molecule has 1 amide bonds. The van der Waals surface area contributed by atoms with E-state index in [1.165, 1.54) is 4.90 Å². The van der Waals surface area contributed by atoms with Crippen LogP contribution in [0, 0.1) is 0 Å². The maximum atomic E-state index is 12.4. The molecule has 2 rings (SSSR count). The van der Waals surface area contributed by atoms with Crippen LogP contribution >= 0.6 is 0 Å². The van der Waals surface area contributed by atoms with Crippen molar-refractivity contribution >= 4 is 5.91 Å². The minimum atomic E-state index is -0.158. The third kappa shape index (κ3) is 3.30. The predicted molar refractivity (Wildman–Crippen MR) is 75.2 cm³/mol. The maximum absolute atomic E-state index is 12.4. The Morgan fingerprint density at radius 3 is 2.80 bits per heavy atom. The van der Waals surface area contributed by atoms with Crippen molar-refractivity contribution < 1.29 is 19.4 Å². The van der Waals surface area contributed by atoms with Gasteiger partial charge in [-0.1, -0.05) is 6.08 Å². The van der Waals surface area contributed by atoms with Gasteiger partial charge in [-0.2, -0.15) is 0 Å². The number of fused-ring (bicyclic) bond motifs is 1. The van der Waals surface area contributed by atoms with Crippen LogP contribution in [-0.2, 0) is 0 Å². The molecule has 1 heterocycles. The van der Waals surface area contributed by atoms with E-state index in [9.17, 15) is 4.79 Å². The average Bonchev–Trinajstić information content (AvgIpc) is 2.70. The molecule has 1 aliphatic heterocycles. The van der Waals surface area contributed by atoms with Gasteiger partial charge in [0.15, 0.2) is 11.5 Å². The number of ether oxygens (including phenoxy) is 2. The molecule has 0 aromatic heterocycles. The molecule has 20 heavy (non-hydrogen) atoms. The van der Waals surface area contributed by atoms with Gasteiger partial charge < -0.3 is 19.5 Å². The van der Waals surface area contributed by atoms with Crippen LogP contribution in [-0.4, -0.2) is 48.8 Å². The quantitative estimate of drug-likeness (QED) is 0.828. The second-order valence-corrected chi connectivity index (χ2v) is 4.48. The Kier molecular flexibility index (Phi) is 5.01. The molecule has 0 radical (unpaired) electrons. The summed E-state index contributed by atoms with van der Waals surface area (Å²) < 4.78 is 11.1. The van der Waals surface area contributed by atoms with Crippen LogP contribution in [0.15, 0.2) is 30.9 Å². The van der Waals surface area contributed by atoms with Gasteiger partial charge in [-0.15, -0.1) is 6.58 Å². The fourth-order valence-corrected chi connectivity index (χ4v) is 2.03. The van der Waals surface area contributed by atoms with Crippen LogP contribution < -0.4 is 9.47 Å². The van der Waals surface area contributed by atoms with Crippen LogP contribution in [0.4, 0.5) is 0 Å². The highest BCUT2D eigenvalue weighted by atomic mass is 16.5. The standard InChI is InChI=1S/C15H19NO4/c1-2-6-16(7-8-17)15(18)12-4-5-13-14(11-12)20-10-3-9-19-13/h2,4-5,11,17H,1,3,6-10H2. The van der Waals surface area contributed by atoms with Crippen LogP contribution in [0.25, 0.3) is 0 Å². The Bertz CT molecular complexity index is 487. The molecule has 1 aromatic carbocycles. The zero-order chi connectivity index (χ0) is 14.4. The summed E-state index contributed by atoms with van der Waals surface area (Å²) in [7, 11) is 0. The molecule has 0 spiro atoms. The molecule has 5 heteroatoms. The van der Waals surface area contributed by atoms with Crippen molar-refractivity contribution in [3.8, 4) is 11.5 Å². The van der Waals surface area contributed by atoms with Gasteiger partial charge in [-0.3, -0.25) is 4.79 Å². The Balaban J connectivity index is 2.21. The average molecular weight is 277 g/mol. The Morgan fingerprint density at radius 2 is 2.10 bits per heavy atom. The van der Waals surface area contributed by atoms with Gasteiger partial charge in [-0.05, 0) is 18.2 Å². The zero-order valence-corrected chi connectivity index (χ0v) is 11.4. The normalized spacial score (nSPS) is 13.4. The van der Waals surface area contributed by atoms with E-state index in [0.29, 0.717) is 36.8 Å². The molecule has 0 unspecified atom stereocenters. The van der Waals surface area contributed by atoms with Gasteiger partial charge in [0.2, 0.25) is 0 Å². The summed E-state index contributed by atoms with van der Waals surface area (Å²) >= 11 is 0. The lowest BCUT2D eigenvalue weighted by Gasteiger charge is -2.20. The highest BCUT2D eigenvalue weighted by molar-refractivity contribution is 5.95. The molecule has 0 fully saturated rings. The molecule has 0 atom stereocenters. The first-order valence-electron chi connectivity index (χ1n) is 6.67. The van der Waals surface area contributed by atoms with E-state index in [1.807, 2.05) is 0 Å². The number of aliphatic hydroxyl groups excluding tert-OH is 1. The SMILES string of the molecule is C=CCN(CCO)C(=O)c1ccc2c(c1)OCCCO2. The number of carbonyl (C=O) groups excluding carboxylic acids is 1. The van der Waals surface area contributed by atoms with Crippen molar-refractivity contribution in [2.24, 2.45) is 0 Å². The topological polar surface area (TPSA) is 59.0 Å². The van der Waals surface area contributed by atoms with Crippen LogP contribution in [0.5, 0.6) is 11.5 Å². The third-order valence-electron chi connectivity index (χ3n) is 3.00. The molecule has 1 aliphatic rings. The van der Waals surface area contributed by atoms with Crippen LogP contribution in [0.2, 0.25) is 0 Å². The number of nitrogens with zero attached hydrogens (tertiary/aromatic N) is 1. The fourth-order valence-electron chi connectivity index (χ4n) is 2.03. The van der Waals surface area contributed by atoms with E-state index >= 15 is 0 Å². The van der Waals surface area contributed by atoms with Crippen molar-refractivity contribution in [3.05, 3.63) is 36.4 Å². The van der Waals surface area contributed by atoms with Crippen molar-refractivity contribution in [1.29, 1.82) is 0 Å². The number of amides is 1. The highest BCUT2D eigenvalue weighted by Gasteiger charge is 2.18. The smallest absolute Gasteiger partial charge is 0.254 e. The number of carbonyl (C=O) groups is 1. The van der Waals surface area contributed by atoms with Crippen LogP contribution in [0.1, 0.15) is 16.8 Å². The summed E-state index contributed by atoms with van der Waals surface area (Å²) in [5, 5.41) is 9.02. The number of hydrogen-bond acceptors (Lipinski definition) is 4. The molecule has 108 valence electrons. The molecular formula is C15H19NO4. The molecule has 0 saturated carbocycles. The van der Waals surface area contributed by atoms with Gasteiger partial charge in [0.25, 0.3) is 5.91 Å². The van der Waals surface area contributed by atoms with E-state index in [-0.39, 0.29) is 19.1 Å². The number of aliphatic hydroxyl groups is 1. The Labute approximate surface area is 118 Å². The lowest BCUT2D eigenvalue weighted by atomic mass is 10.1. The van der Waals surface area contributed by atoms with Crippen molar-refractivity contribution in [1.82, 2.24) is 4.90 Å². The molecule has 0 aliphatic carbocycles. The second kappa shape index (κ2) is 6.96. The first kappa shape index (κ1) is 14.4. The van der Waals surface area contributed by atoms with E-state index < -0.39 is 0 Å². The number of hydrogen-bond donors (Lipinski definition) is 1. The van der Waals surface area contributed by atoms with E-state index in [4.69, 9.17) is 14.6 Å².